The molecule has 0 amide bonds. The molecule has 20 heavy (non-hydrogen) atoms. The Hall–Kier alpha value is -2.10. The molecule has 2 aromatic rings. The first-order valence-electron chi connectivity index (χ1n) is 6.78. The maximum atomic E-state index is 4.39. The SMILES string of the molecule is Cc1cc(NCc2ccc(N(C)C)cc2C)nc(C)n1. The van der Waals surface area contributed by atoms with Gasteiger partial charge in [0.15, 0.2) is 0 Å². The molecule has 1 N–H and O–H groups in total. The summed E-state index contributed by atoms with van der Waals surface area (Å²) < 4.78 is 0. The highest BCUT2D eigenvalue weighted by Crippen LogP contribution is 2.18. The van der Waals surface area contributed by atoms with Gasteiger partial charge >= 0.3 is 0 Å². The molecule has 0 saturated carbocycles. The number of aryl methyl sites for hydroxylation is 3. The van der Waals surface area contributed by atoms with Crippen LogP contribution in [0.3, 0.4) is 0 Å². The average molecular weight is 270 g/mol. The van der Waals surface area contributed by atoms with Gasteiger partial charge in [0.25, 0.3) is 0 Å². The second-order valence-corrected chi connectivity index (χ2v) is 5.30. The van der Waals surface area contributed by atoms with Gasteiger partial charge in [-0.05, 0) is 44.0 Å². The molecule has 0 fully saturated rings. The molecule has 0 aliphatic rings. The highest BCUT2D eigenvalue weighted by Gasteiger charge is 2.03. The number of nitrogens with zero attached hydrogens (tertiary/aromatic N) is 3. The number of benzene rings is 1. The lowest BCUT2D eigenvalue weighted by atomic mass is 10.1. The molecule has 0 bridgehead atoms. The van der Waals surface area contributed by atoms with Gasteiger partial charge in [0.1, 0.15) is 11.6 Å². The Labute approximate surface area is 120 Å². The van der Waals surface area contributed by atoms with Crippen LogP contribution in [0.5, 0.6) is 0 Å². The molecule has 0 atom stereocenters. The van der Waals surface area contributed by atoms with Gasteiger partial charge in [-0.25, -0.2) is 9.97 Å². The van der Waals surface area contributed by atoms with Crippen molar-refractivity contribution in [1.82, 2.24) is 9.97 Å². The predicted octanol–water partition coefficient (Wildman–Crippen LogP) is 3.08. The topological polar surface area (TPSA) is 41.0 Å². The lowest BCUT2D eigenvalue weighted by Crippen LogP contribution is -2.10. The number of hydrogen-bond acceptors (Lipinski definition) is 4. The van der Waals surface area contributed by atoms with Crippen LogP contribution in [0.2, 0.25) is 0 Å². The quantitative estimate of drug-likeness (QED) is 0.927. The molecule has 0 saturated heterocycles. The third kappa shape index (κ3) is 3.47. The summed E-state index contributed by atoms with van der Waals surface area (Å²) >= 11 is 0. The molecule has 0 aliphatic carbocycles. The summed E-state index contributed by atoms with van der Waals surface area (Å²) in [6.07, 6.45) is 0. The molecule has 0 aliphatic heterocycles. The number of anilines is 2. The molecule has 2 rings (SSSR count). The fraction of sp³-hybridized carbons (Fsp3) is 0.375. The molecule has 4 nitrogen and oxygen atoms in total. The molecule has 4 heteroatoms. The zero-order valence-corrected chi connectivity index (χ0v) is 12.9. The highest BCUT2D eigenvalue weighted by molar-refractivity contribution is 5.50. The smallest absolute Gasteiger partial charge is 0.130 e. The molecule has 0 spiro atoms. The largest absolute Gasteiger partial charge is 0.378 e. The van der Waals surface area contributed by atoms with Crippen LogP contribution in [0, 0.1) is 20.8 Å². The molecule has 1 aromatic carbocycles. The van der Waals surface area contributed by atoms with Gasteiger partial charge in [0.05, 0.1) is 0 Å². The van der Waals surface area contributed by atoms with Crippen molar-refractivity contribution in [3.8, 4) is 0 Å². The molecular formula is C16H22N4. The normalized spacial score (nSPS) is 10.4. The minimum absolute atomic E-state index is 0.773. The van der Waals surface area contributed by atoms with E-state index in [9.17, 15) is 0 Å². The van der Waals surface area contributed by atoms with Crippen molar-refractivity contribution in [2.45, 2.75) is 27.3 Å². The van der Waals surface area contributed by atoms with Gasteiger partial charge in [-0.3, -0.25) is 0 Å². The minimum Gasteiger partial charge on any atom is -0.378 e. The number of aromatic nitrogens is 2. The van der Waals surface area contributed by atoms with Crippen molar-refractivity contribution in [3.05, 3.63) is 46.9 Å². The Balaban J connectivity index is 2.11. The van der Waals surface area contributed by atoms with Crippen molar-refractivity contribution in [2.75, 3.05) is 24.3 Å². The van der Waals surface area contributed by atoms with E-state index in [1.165, 1.54) is 16.8 Å². The van der Waals surface area contributed by atoms with Gasteiger partial charge in [0, 0.05) is 38.1 Å². The van der Waals surface area contributed by atoms with E-state index in [0.717, 1.165) is 23.9 Å². The molecule has 0 radical (unpaired) electrons. The van der Waals surface area contributed by atoms with Crippen molar-refractivity contribution in [3.63, 3.8) is 0 Å². The Bertz CT molecular complexity index is 585. The maximum absolute atomic E-state index is 4.39. The fourth-order valence-corrected chi connectivity index (χ4v) is 2.15. The Morgan fingerprint density at radius 1 is 1.05 bits per heavy atom. The van der Waals surface area contributed by atoms with E-state index in [1.807, 2.05) is 19.9 Å². The number of rotatable bonds is 4. The van der Waals surface area contributed by atoms with Crippen molar-refractivity contribution in [1.29, 1.82) is 0 Å². The van der Waals surface area contributed by atoms with Crippen LogP contribution < -0.4 is 10.2 Å². The lowest BCUT2D eigenvalue weighted by Gasteiger charge is -2.15. The first-order valence-corrected chi connectivity index (χ1v) is 6.78. The van der Waals surface area contributed by atoms with Gasteiger partial charge in [0.2, 0.25) is 0 Å². The Morgan fingerprint density at radius 3 is 2.40 bits per heavy atom. The first-order chi connectivity index (χ1) is 9.45. The van der Waals surface area contributed by atoms with E-state index in [-0.39, 0.29) is 0 Å². The van der Waals surface area contributed by atoms with Crippen LogP contribution in [0.4, 0.5) is 11.5 Å². The van der Waals surface area contributed by atoms with E-state index in [0.29, 0.717) is 0 Å². The van der Waals surface area contributed by atoms with E-state index < -0.39 is 0 Å². The van der Waals surface area contributed by atoms with Crippen molar-refractivity contribution < 1.29 is 0 Å². The van der Waals surface area contributed by atoms with Gasteiger partial charge in [-0.1, -0.05) is 6.07 Å². The van der Waals surface area contributed by atoms with E-state index in [1.54, 1.807) is 0 Å². The molecule has 1 aromatic heterocycles. The van der Waals surface area contributed by atoms with Crippen LogP contribution in [0.15, 0.2) is 24.3 Å². The third-order valence-electron chi connectivity index (χ3n) is 3.27. The van der Waals surface area contributed by atoms with Crippen LogP contribution in [-0.4, -0.2) is 24.1 Å². The van der Waals surface area contributed by atoms with Gasteiger partial charge in [-0.2, -0.15) is 0 Å². The minimum atomic E-state index is 0.773. The standard InChI is InChI=1S/C16H22N4/c1-11-8-15(20(4)5)7-6-14(11)10-17-16-9-12(2)18-13(3)19-16/h6-9H,10H2,1-5H3,(H,17,18,19). The summed E-state index contributed by atoms with van der Waals surface area (Å²) in [6, 6.07) is 8.48. The highest BCUT2D eigenvalue weighted by atomic mass is 15.1. The lowest BCUT2D eigenvalue weighted by molar-refractivity contribution is 0.988. The Morgan fingerprint density at radius 2 is 1.80 bits per heavy atom. The summed E-state index contributed by atoms with van der Waals surface area (Å²) in [5.41, 5.74) is 4.77. The summed E-state index contributed by atoms with van der Waals surface area (Å²) in [5.74, 6) is 1.68. The maximum Gasteiger partial charge on any atom is 0.130 e. The second-order valence-electron chi connectivity index (χ2n) is 5.30. The van der Waals surface area contributed by atoms with Crippen LogP contribution in [0.1, 0.15) is 22.6 Å². The average Bonchev–Trinajstić information content (AvgIpc) is 2.36. The zero-order valence-electron chi connectivity index (χ0n) is 12.9. The monoisotopic (exact) mass is 270 g/mol. The van der Waals surface area contributed by atoms with Crippen LogP contribution in [-0.2, 0) is 6.54 Å². The predicted molar refractivity (Wildman–Crippen MR) is 84.3 cm³/mol. The first kappa shape index (κ1) is 14.3. The van der Waals surface area contributed by atoms with E-state index >= 15 is 0 Å². The third-order valence-corrected chi connectivity index (χ3v) is 3.27. The Kier molecular flexibility index (Phi) is 4.23. The molecule has 0 unspecified atom stereocenters. The van der Waals surface area contributed by atoms with Gasteiger partial charge < -0.3 is 10.2 Å². The van der Waals surface area contributed by atoms with Crippen LogP contribution >= 0.6 is 0 Å². The summed E-state index contributed by atoms with van der Waals surface area (Å²) in [7, 11) is 4.11. The summed E-state index contributed by atoms with van der Waals surface area (Å²) in [6.45, 7) is 6.81. The van der Waals surface area contributed by atoms with E-state index in [4.69, 9.17) is 0 Å². The summed E-state index contributed by atoms with van der Waals surface area (Å²) in [4.78, 5) is 10.8. The zero-order chi connectivity index (χ0) is 14.7. The second kappa shape index (κ2) is 5.90. The molecule has 106 valence electrons. The van der Waals surface area contributed by atoms with Crippen molar-refractivity contribution in [2.24, 2.45) is 0 Å². The number of nitrogens with one attached hydrogen (secondary N) is 1. The van der Waals surface area contributed by atoms with Crippen LogP contribution in [0.25, 0.3) is 0 Å². The number of hydrogen-bond donors (Lipinski definition) is 1. The van der Waals surface area contributed by atoms with Crippen molar-refractivity contribution >= 4 is 11.5 Å². The molecular weight excluding hydrogens is 248 g/mol. The fourth-order valence-electron chi connectivity index (χ4n) is 2.15. The molecule has 1 heterocycles. The van der Waals surface area contributed by atoms with Gasteiger partial charge in [-0.15, -0.1) is 0 Å². The summed E-state index contributed by atoms with van der Waals surface area (Å²) in [5, 5.41) is 3.37. The van der Waals surface area contributed by atoms with E-state index in [2.05, 4.69) is 59.4 Å².